The van der Waals surface area contributed by atoms with Crippen molar-refractivity contribution in [2.45, 2.75) is 52.1 Å². The molecule has 138 valence electrons. The van der Waals surface area contributed by atoms with Crippen molar-refractivity contribution in [2.24, 2.45) is 0 Å². The predicted molar refractivity (Wildman–Crippen MR) is 112 cm³/mol. The Hall–Kier alpha value is -2.21. The highest BCUT2D eigenvalue weighted by Crippen LogP contribution is 2.24. The lowest BCUT2D eigenvalue weighted by atomic mass is 10.0. The third kappa shape index (κ3) is 4.69. The van der Waals surface area contributed by atoms with Crippen molar-refractivity contribution in [3.8, 4) is 0 Å². The summed E-state index contributed by atoms with van der Waals surface area (Å²) in [6, 6.07) is 12.9. The quantitative estimate of drug-likeness (QED) is 0.788. The Bertz CT molecular complexity index is 749. The minimum absolute atomic E-state index is 0.114. The Labute approximate surface area is 161 Å². The maximum atomic E-state index is 5.46. The van der Waals surface area contributed by atoms with Crippen molar-refractivity contribution in [2.75, 3.05) is 16.8 Å². The van der Waals surface area contributed by atoms with E-state index >= 15 is 0 Å². The fourth-order valence-electron chi connectivity index (χ4n) is 3.35. The van der Waals surface area contributed by atoms with Crippen LogP contribution in [0.2, 0.25) is 0 Å². The van der Waals surface area contributed by atoms with Gasteiger partial charge < -0.3 is 15.5 Å². The topological polar surface area (TPSA) is 53.1 Å². The first-order chi connectivity index (χ1) is 12.5. The number of hydrogen-bond donors (Lipinski definition) is 2. The van der Waals surface area contributed by atoms with E-state index in [2.05, 4.69) is 52.6 Å². The van der Waals surface area contributed by atoms with E-state index in [9.17, 15) is 0 Å². The second-order valence-electron chi connectivity index (χ2n) is 6.96. The number of thiocarbonyl (C=S) groups is 1. The van der Waals surface area contributed by atoms with Gasteiger partial charge in [0.05, 0.1) is 6.04 Å². The monoisotopic (exact) mass is 369 g/mol. The fraction of sp³-hybridized carbons (Fsp3) is 0.450. The molecule has 1 aromatic heterocycles. The number of rotatable bonds is 4. The molecule has 1 saturated heterocycles. The predicted octanol–water partition coefficient (Wildman–Crippen LogP) is 4.21. The van der Waals surface area contributed by atoms with Gasteiger partial charge in [0, 0.05) is 24.3 Å². The second kappa shape index (κ2) is 8.45. The maximum absolute atomic E-state index is 5.46. The van der Waals surface area contributed by atoms with Gasteiger partial charge in [0.15, 0.2) is 5.11 Å². The van der Waals surface area contributed by atoms with Crippen molar-refractivity contribution in [3.63, 3.8) is 0 Å². The molecule has 3 rings (SSSR count). The molecule has 2 N–H and O–H groups in total. The molecule has 0 aliphatic carbocycles. The van der Waals surface area contributed by atoms with Gasteiger partial charge >= 0.3 is 0 Å². The Balaban J connectivity index is 1.68. The Kier molecular flexibility index (Phi) is 6.04. The van der Waals surface area contributed by atoms with E-state index in [1.807, 2.05) is 25.1 Å². The third-order valence-electron chi connectivity index (χ3n) is 4.81. The molecule has 0 saturated carbocycles. The number of aromatic nitrogens is 2. The first-order valence-electron chi connectivity index (χ1n) is 9.27. The van der Waals surface area contributed by atoms with Crippen molar-refractivity contribution in [1.29, 1.82) is 0 Å². The molecular weight excluding hydrogens is 342 g/mol. The number of benzene rings is 1. The van der Waals surface area contributed by atoms with Crippen LogP contribution in [0.4, 0.5) is 11.8 Å². The van der Waals surface area contributed by atoms with Crippen molar-refractivity contribution in [1.82, 2.24) is 15.3 Å². The van der Waals surface area contributed by atoms with E-state index in [-0.39, 0.29) is 6.04 Å². The summed E-state index contributed by atoms with van der Waals surface area (Å²) >= 11 is 5.46. The van der Waals surface area contributed by atoms with Crippen LogP contribution >= 0.6 is 12.2 Å². The number of aryl methyl sites for hydroxylation is 1. The summed E-state index contributed by atoms with van der Waals surface area (Å²) in [6.07, 6.45) is 3.71. The van der Waals surface area contributed by atoms with Crippen molar-refractivity contribution in [3.05, 3.63) is 47.7 Å². The fourth-order valence-corrected chi connectivity index (χ4v) is 3.62. The molecular formula is C20H27N5S. The number of nitrogens with one attached hydrogen (secondary N) is 2. The van der Waals surface area contributed by atoms with Gasteiger partial charge in [-0.15, -0.1) is 0 Å². The molecule has 0 unspecified atom stereocenters. The standard InChI is InChI=1S/C20H27N5S/c1-14-13-18(25-12-8-7-9-15(25)2)23-19(21-14)24-20(26)22-16(3)17-10-5-4-6-11-17/h4-6,10-11,13,15-16H,7-9,12H2,1-3H3,(H2,21,22,23,24,26)/t15-,16+/m0/s1. The Morgan fingerprint density at radius 1 is 1.23 bits per heavy atom. The zero-order chi connectivity index (χ0) is 18.5. The van der Waals surface area contributed by atoms with E-state index in [1.165, 1.54) is 24.8 Å². The largest absolute Gasteiger partial charge is 0.356 e. The van der Waals surface area contributed by atoms with E-state index in [0.717, 1.165) is 18.1 Å². The van der Waals surface area contributed by atoms with E-state index < -0.39 is 0 Å². The van der Waals surface area contributed by atoms with Crippen LogP contribution in [0.5, 0.6) is 0 Å². The van der Waals surface area contributed by atoms with Gasteiger partial charge in [0.2, 0.25) is 5.95 Å². The van der Waals surface area contributed by atoms with E-state index in [4.69, 9.17) is 17.2 Å². The molecule has 2 aromatic rings. The lowest BCUT2D eigenvalue weighted by Gasteiger charge is -2.34. The molecule has 0 bridgehead atoms. The van der Waals surface area contributed by atoms with Crippen LogP contribution < -0.4 is 15.5 Å². The zero-order valence-electron chi connectivity index (χ0n) is 15.7. The van der Waals surface area contributed by atoms with Gasteiger partial charge in [0.25, 0.3) is 0 Å². The first-order valence-corrected chi connectivity index (χ1v) is 9.68. The minimum Gasteiger partial charge on any atom is -0.356 e. The molecule has 6 heteroatoms. The lowest BCUT2D eigenvalue weighted by molar-refractivity contribution is 0.481. The summed E-state index contributed by atoms with van der Waals surface area (Å²) in [5, 5.41) is 6.98. The highest BCUT2D eigenvalue weighted by molar-refractivity contribution is 7.80. The smallest absolute Gasteiger partial charge is 0.231 e. The molecule has 1 aliphatic rings. The molecule has 0 spiro atoms. The van der Waals surface area contributed by atoms with E-state index in [0.29, 0.717) is 17.1 Å². The molecule has 1 aromatic carbocycles. The van der Waals surface area contributed by atoms with Gasteiger partial charge in [0.1, 0.15) is 5.82 Å². The molecule has 26 heavy (non-hydrogen) atoms. The molecule has 5 nitrogen and oxygen atoms in total. The number of anilines is 2. The van der Waals surface area contributed by atoms with Crippen LogP contribution in [-0.2, 0) is 0 Å². The highest BCUT2D eigenvalue weighted by atomic mass is 32.1. The second-order valence-corrected chi connectivity index (χ2v) is 7.37. The number of nitrogens with zero attached hydrogens (tertiary/aromatic N) is 3. The molecule has 1 aliphatic heterocycles. The van der Waals surface area contributed by atoms with Crippen LogP contribution in [0.15, 0.2) is 36.4 Å². The SMILES string of the molecule is Cc1cc(N2CCCC[C@@H]2C)nc(NC(=S)N[C@H](C)c2ccccc2)n1. The minimum atomic E-state index is 0.114. The molecule has 0 amide bonds. The Morgan fingerprint density at radius 3 is 2.73 bits per heavy atom. The van der Waals surface area contributed by atoms with E-state index in [1.54, 1.807) is 0 Å². The number of hydrogen-bond acceptors (Lipinski definition) is 4. The Morgan fingerprint density at radius 2 is 2.00 bits per heavy atom. The van der Waals surface area contributed by atoms with Crippen molar-refractivity contribution >= 4 is 29.1 Å². The zero-order valence-corrected chi connectivity index (χ0v) is 16.5. The summed E-state index contributed by atoms with van der Waals surface area (Å²) in [5.74, 6) is 1.53. The normalized spacial score (nSPS) is 18.3. The highest BCUT2D eigenvalue weighted by Gasteiger charge is 2.20. The van der Waals surface area contributed by atoms with Crippen LogP contribution in [0.3, 0.4) is 0 Å². The summed E-state index contributed by atoms with van der Waals surface area (Å²) < 4.78 is 0. The van der Waals surface area contributed by atoms with Gasteiger partial charge in [-0.2, -0.15) is 4.98 Å². The first kappa shape index (κ1) is 18.6. The van der Waals surface area contributed by atoms with Crippen LogP contribution in [0, 0.1) is 6.92 Å². The molecule has 0 radical (unpaired) electrons. The lowest BCUT2D eigenvalue weighted by Crippen LogP contribution is -2.38. The van der Waals surface area contributed by atoms with Crippen molar-refractivity contribution < 1.29 is 0 Å². The summed E-state index contributed by atoms with van der Waals surface area (Å²) in [6.45, 7) is 7.39. The van der Waals surface area contributed by atoms with Gasteiger partial charge in [-0.05, 0) is 57.8 Å². The summed E-state index contributed by atoms with van der Waals surface area (Å²) in [7, 11) is 0. The number of piperidine rings is 1. The molecule has 2 atom stereocenters. The average molecular weight is 370 g/mol. The summed E-state index contributed by atoms with van der Waals surface area (Å²) in [5.41, 5.74) is 2.12. The van der Waals surface area contributed by atoms with Gasteiger partial charge in [-0.25, -0.2) is 4.98 Å². The summed E-state index contributed by atoms with van der Waals surface area (Å²) in [4.78, 5) is 11.6. The third-order valence-corrected chi connectivity index (χ3v) is 5.03. The average Bonchev–Trinajstić information content (AvgIpc) is 2.62. The molecule has 1 fully saturated rings. The van der Waals surface area contributed by atoms with Crippen LogP contribution in [-0.4, -0.2) is 27.7 Å². The van der Waals surface area contributed by atoms with Crippen LogP contribution in [0.1, 0.15) is 50.4 Å². The van der Waals surface area contributed by atoms with Gasteiger partial charge in [-0.1, -0.05) is 30.3 Å². The molecule has 2 heterocycles. The van der Waals surface area contributed by atoms with Crippen LogP contribution in [0.25, 0.3) is 0 Å². The van der Waals surface area contributed by atoms with Gasteiger partial charge in [-0.3, -0.25) is 0 Å². The maximum Gasteiger partial charge on any atom is 0.231 e.